The second kappa shape index (κ2) is 11.9. The molecule has 4 rings (SSSR count). The number of amides is 1. The van der Waals surface area contributed by atoms with Crippen LogP contribution in [0.25, 0.3) is 23.0 Å². The van der Waals surface area contributed by atoms with Gasteiger partial charge in [-0.15, -0.1) is 11.8 Å². The van der Waals surface area contributed by atoms with Crippen molar-refractivity contribution in [1.82, 2.24) is 15.1 Å². The van der Waals surface area contributed by atoms with Gasteiger partial charge in [0.1, 0.15) is 11.6 Å². The Morgan fingerprint density at radius 1 is 1.03 bits per heavy atom. The highest BCUT2D eigenvalue weighted by molar-refractivity contribution is 7.99. The van der Waals surface area contributed by atoms with E-state index in [9.17, 15) is 10.1 Å². The van der Waals surface area contributed by atoms with Crippen LogP contribution in [0.5, 0.6) is 0 Å². The Hall–Kier alpha value is -4.08. The van der Waals surface area contributed by atoms with Gasteiger partial charge < -0.3 is 5.32 Å². The Morgan fingerprint density at radius 2 is 1.71 bits per heavy atom. The average molecular weight is 479 g/mol. The van der Waals surface area contributed by atoms with Gasteiger partial charge in [-0.05, 0) is 48.1 Å². The molecule has 0 unspecified atom stereocenters. The lowest BCUT2D eigenvalue weighted by molar-refractivity contribution is -0.117. The van der Waals surface area contributed by atoms with E-state index in [0.29, 0.717) is 17.8 Å². The van der Waals surface area contributed by atoms with Crippen LogP contribution < -0.4 is 5.32 Å². The van der Waals surface area contributed by atoms with Crippen molar-refractivity contribution in [3.63, 3.8) is 0 Å². The first-order chi connectivity index (χ1) is 17.2. The van der Waals surface area contributed by atoms with Crippen molar-refractivity contribution in [3.05, 3.63) is 108 Å². The van der Waals surface area contributed by atoms with E-state index in [2.05, 4.69) is 30.4 Å². The summed E-state index contributed by atoms with van der Waals surface area (Å²) < 4.78 is 1.78. The molecular formula is C29H26N4OS. The van der Waals surface area contributed by atoms with Gasteiger partial charge in [-0.2, -0.15) is 10.4 Å². The third-order valence-electron chi connectivity index (χ3n) is 5.32. The number of hydrogen-bond acceptors (Lipinski definition) is 4. The molecule has 1 aromatic heterocycles. The maximum atomic E-state index is 12.8. The molecule has 1 N–H and O–H groups in total. The van der Waals surface area contributed by atoms with Gasteiger partial charge in [0, 0.05) is 28.8 Å². The van der Waals surface area contributed by atoms with Gasteiger partial charge in [-0.1, -0.05) is 67.6 Å². The Kier molecular flexibility index (Phi) is 8.16. The summed E-state index contributed by atoms with van der Waals surface area (Å²) in [5, 5.41) is 17.4. The fourth-order valence-corrected chi connectivity index (χ4v) is 4.31. The van der Waals surface area contributed by atoms with Gasteiger partial charge in [0.2, 0.25) is 0 Å². The molecule has 174 valence electrons. The highest BCUT2D eigenvalue weighted by Gasteiger charge is 2.15. The Bertz CT molecular complexity index is 1340. The smallest absolute Gasteiger partial charge is 0.262 e. The maximum Gasteiger partial charge on any atom is 0.262 e. The highest BCUT2D eigenvalue weighted by atomic mass is 32.2. The molecule has 0 aliphatic heterocycles. The van der Waals surface area contributed by atoms with E-state index in [1.54, 1.807) is 10.8 Å². The summed E-state index contributed by atoms with van der Waals surface area (Å²) >= 11 is 1.82. The minimum absolute atomic E-state index is 0.0323. The SMILES string of the molecule is CCCSc1ccc(-c2nn(-c3ccccc3)cc2C=C(C#N)C(=O)NCc2ccccc2)cc1. The van der Waals surface area contributed by atoms with Gasteiger partial charge in [-0.3, -0.25) is 4.79 Å². The molecular weight excluding hydrogens is 452 g/mol. The first-order valence-electron chi connectivity index (χ1n) is 11.5. The number of aromatic nitrogens is 2. The predicted molar refractivity (Wildman–Crippen MR) is 142 cm³/mol. The number of benzene rings is 3. The quantitative estimate of drug-likeness (QED) is 0.175. The fourth-order valence-electron chi connectivity index (χ4n) is 3.54. The van der Waals surface area contributed by atoms with Gasteiger partial charge in [0.05, 0.1) is 11.4 Å². The summed E-state index contributed by atoms with van der Waals surface area (Å²) in [7, 11) is 0. The third kappa shape index (κ3) is 6.28. The van der Waals surface area contributed by atoms with E-state index in [0.717, 1.165) is 29.0 Å². The molecule has 0 radical (unpaired) electrons. The lowest BCUT2D eigenvalue weighted by Crippen LogP contribution is -2.23. The monoisotopic (exact) mass is 478 g/mol. The molecule has 0 spiro atoms. The zero-order valence-corrected chi connectivity index (χ0v) is 20.3. The van der Waals surface area contributed by atoms with Crippen molar-refractivity contribution in [1.29, 1.82) is 5.26 Å². The molecule has 5 nitrogen and oxygen atoms in total. The molecule has 35 heavy (non-hydrogen) atoms. The van der Waals surface area contributed by atoms with Gasteiger partial charge >= 0.3 is 0 Å². The number of nitrogens with zero attached hydrogens (tertiary/aromatic N) is 3. The second-order valence-electron chi connectivity index (χ2n) is 7.92. The summed E-state index contributed by atoms with van der Waals surface area (Å²) in [6.45, 7) is 2.52. The van der Waals surface area contributed by atoms with Crippen LogP contribution >= 0.6 is 11.8 Å². The van der Waals surface area contributed by atoms with Crippen LogP contribution in [-0.2, 0) is 11.3 Å². The van der Waals surface area contributed by atoms with Crippen LogP contribution in [0.15, 0.2) is 102 Å². The summed E-state index contributed by atoms with van der Waals surface area (Å²) in [6, 6.07) is 29.7. The Morgan fingerprint density at radius 3 is 2.37 bits per heavy atom. The molecule has 0 saturated heterocycles. The Labute approximate surface area is 210 Å². The number of para-hydroxylation sites is 1. The molecule has 1 heterocycles. The standard InChI is InChI=1S/C29H26N4OS/c1-2-17-35-27-15-13-23(14-16-27)28-25(21-33(32-28)26-11-7-4-8-12-26)18-24(19-30)29(34)31-20-22-9-5-3-6-10-22/h3-16,18,21H,2,17,20H2,1H3,(H,31,34). The van der Waals surface area contributed by atoms with Crippen LogP contribution in [-0.4, -0.2) is 21.4 Å². The lowest BCUT2D eigenvalue weighted by Gasteiger charge is -2.05. The minimum Gasteiger partial charge on any atom is -0.347 e. The molecule has 0 aliphatic carbocycles. The molecule has 1 amide bonds. The summed E-state index contributed by atoms with van der Waals surface area (Å²) in [6.07, 6.45) is 4.58. The van der Waals surface area contributed by atoms with E-state index < -0.39 is 5.91 Å². The second-order valence-corrected chi connectivity index (χ2v) is 9.09. The molecule has 0 fully saturated rings. The number of carbonyl (C=O) groups is 1. The number of nitriles is 1. The molecule has 0 saturated carbocycles. The van der Waals surface area contributed by atoms with Crippen molar-refractivity contribution in [3.8, 4) is 23.0 Å². The van der Waals surface area contributed by atoms with Gasteiger partial charge in [0.15, 0.2) is 0 Å². The first kappa shape index (κ1) is 24.1. The highest BCUT2D eigenvalue weighted by Crippen LogP contribution is 2.28. The molecule has 0 bridgehead atoms. The van der Waals surface area contributed by atoms with E-state index >= 15 is 0 Å². The number of nitrogens with one attached hydrogen (secondary N) is 1. The van der Waals surface area contributed by atoms with Crippen LogP contribution in [0.1, 0.15) is 24.5 Å². The van der Waals surface area contributed by atoms with E-state index in [4.69, 9.17) is 5.10 Å². The third-order valence-corrected chi connectivity index (χ3v) is 6.54. The largest absolute Gasteiger partial charge is 0.347 e. The van der Waals surface area contributed by atoms with Crippen molar-refractivity contribution in [2.75, 3.05) is 5.75 Å². The average Bonchev–Trinajstić information content (AvgIpc) is 3.34. The molecule has 0 atom stereocenters. The minimum atomic E-state index is -0.416. The van der Waals surface area contributed by atoms with Crippen molar-refractivity contribution < 1.29 is 4.79 Å². The van der Waals surface area contributed by atoms with Crippen LogP contribution in [0.2, 0.25) is 0 Å². The van der Waals surface area contributed by atoms with Crippen molar-refractivity contribution >= 4 is 23.7 Å². The van der Waals surface area contributed by atoms with Crippen molar-refractivity contribution in [2.24, 2.45) is 0 Å². The number of hydrogen-bond donors (Lipinski definition) is 1. The zero-order valence-electron chi connectivity index (χ0n) is 19.5. The first-order valence-corrected chi connectivity index (χ1v) is 12.5. The van der Waals surface area contributed by atoms with E-state index in [-0.39, 0.29) is 5.57 Å². The van der Waals surface area contributed by atoms with E-state index in [1.165, 1.54) is 4.90 Å². The summed E-state index contributed by atoms with van der Waals surface area (Å²) in [4.78, 5) is 14.0. The molecule has 4 aromatic rings. The maximum absolute atomic E-state index is 12.8. The van der Waals surface area contributed by atoms with Crippen molar-refractivity contribution in [2.45, 2.75) is 24.8 Å². The van der Waals surface area contributed by atoms with Gasteiger partial charge in [0.25, 0.3) is 5.91 Å². The number of carbonyl (C=O) groups excluding carboxylic acids is 1. The zero-order chi connectivity index (χ0) is 24.5. The lowest BCUT2D eigenvalue weighted by atomic mass is 10.1. The van der Waals surface area contributed by atoms with E-state index in [1.807, 2.05) is 90.8 Å². The number of rotatable bonds is 9. The van der Waals surface area contributed by atoms with Gasteiger partial charge in [-0.25, -0.2) is 4.68 Å². The Balaban J connectivity index is 1.66. The normalized spacial score (nSPS) is 11.1. The predicted octanol–water partition coefficient (Wildman–Crippen LogP) is 6.26. The topological polar surface area (TPSA) is 70.7 Å². The van der Waals surface area contributed by atoms with Crippen LogP contribution in [0.3, 0.4) is 0 Å². The molecule has 0 aliphatic rings. The fraction of sp³-hybridized carbons (Fsp3) is 0.138. The number of thioether (sulfide) groups is 1. The van der Waals surface area contributed by atoms with Crippen LogP contribution in [0.4, 0.5) is 0 Å². The van der Waals surface area contributed by atoms with Crippen LogP contribution in [0, 0.1) is 11.3 Å². The molecule has 6 heteroatoms. The molecule has 3 aromatic carbocycles. The summed E-state index contributed by atoms with van der Waals surface area (Å²) in [5.41, 5.74) is 4.24. The summed E-state index contributed by atoms with van der Waals surface area (Å²) in [5.74, 6) is 0.653.